The molecule has 3 aromatic carbocycles. The number of carbonyl (C=O) groups is 1. The maximum Gasteiger partial charge on any atom is 0.271 e. The van der Waals surface area contributed by atoms with Gasteiger partial charge in [-0.3, -0.25) is 24.3 Å². The van der Waals surface area contributed by atoms with Crippen LogP contribution in [0.2, 0.25) is 0 Å². The second-order valence-electron chi connectivity index (χ2n) is 8.16. The minimum absolute atomic E-state index is 0.0256. The van der Waals surface area contributed by atoms with Gasteiger partial charge in [-0.15, -0.1) is 0 Å². The predicted octanol–water partition coefficient (Wildman–Crippen LogP) is 3.78. The van der Waals surface area contributed by atoms with Crippen LogP contribution in [0.1, 0.15) is 24.1 Å². The fraction of sp³-hybridized carbons (Fsp3) is 0.0741. The van der Waals surface area contributed by atoms with E-state index in [1.165, 1.54) is 23.5 Å². The van der Waals surface area contributed by atoms with Gasteiger partial charge in [0.25, 0.3) is 17.2 Å². The number of thiazole rings is 1. The number of fused-ring (bicyclic) bond motifs is 1. The summed E-state index contributed by atoms with van der Waals surface area (Å²) in [7, 11) is 0. The van der Waals surface area contributed by atoms with Crippen molar-refractivity contribution in [3.8, 4) is 0 Å². The quantitative estimate of drug-likeness (QED) is 0.335. The lowest BCUT2D eigenvalue weighted by atomic mass is 9.95. The number of hydrogen-bond acceptors (Lipinski definition) is 6. The van der Waals surface area contributed by atoms with Gasteiger partial charge in [-0.05, 0) is 48.4 Å². The smallest absolute Gasteiger partial charge is 0.271 e. The number of rotatable bonds is 5. The van der Waals surface area contributed by atoms with E-state index in [2.05, 4.69) is 10.3 Å². The van der Waals surface area contributed by atoms with Crippen molar-refractivity contribution < 1.29 is 9.72 Å². The Morgan fingerprint density at radius 3 is 2.31 bits per heavy atom. The summed E-state index contributed by atoms with van der Waals surface area (Å²) in [6.07, 6.45) is 1.68. The van der Waals surface area contributed by atoms with E-state index in [1.807, 2.05) is 48.5 Å². The van der Waals surface area contributed by atoms with Gasteiger partial charge in [0.05, 0.1) is 26.8 Å². The fourth-order valence-corrected chi connectivity index (χ4v) is 5.17. The maximum absolute atomic E-state index is 13.6. The molecular weight excluding hydrogens is 476 g/mol. The highest BCUT2D eigenvalue weighted by Crippen LogP contribution is 2.30. The van der Waals surface area contributed by atoms with Crippen molar-refractivity contribution in [2.75, 3.05) is 5.32 Å². The normalized spacial score (nSPS) is 15.2. The molecule has 0 spiro atoms. The second-order valence-corrected chi connectivity index (χ2v) is 9.17. The molecule has 2 heterocycles. The molecule has 0 aliphatic carbocycles. The van der Waals surface area contributed by atoms with Crippen LogP contribution in [0, 0.1) is 10.1 Å². The molecule has 4 aromatic rings. The van der Waals surface area contributed by atoms with Crippen molar-refractivity contribution in [1.29, 1.82) is 0 Å². The molecule has 0 radical (unpaired) electrons. The average molecular weight is 497 g/mol. The molecule has 1 aliphatic heterocycles. The number of hydrogen-bond donors (Lipinski definition) is 1. The van der Waals surface area contributed by atoms with Crippen molar-refractivity contribution in [2.24, 2.45) is 4.99 Å². The molecule has 5 rings (SSSR count). The molecule has 1 amide bonds. The van der Waals surface area contributed by atoms with Crippen LogP contribution < -0.4 is 20.2 Å². The number of amides is 1. The maximum atomic E-state index is 13.6. The Labute approximate surface area is 209 Å². The van der Waals surface area contributed by atoms with Gasteiger partial charge in [-0.25, -0.2) is 4.99 Å². The minimum atomic E-state index is -0.662. The highest BCUT2D eigenvalue weighted by molar-refractivity contribution is 7.07. The van der Waals surface area contributed by atoms with Crippen molar-refractivity contribution in [3.05, 3.63) is 137 Å². The van der Waals surface area contributed by atoms with Gasteiger partial charge in [0.2, 0.25) is 0 Å². The van der Waals surface area contributed by atoms with Crippen LogP contribution in [0.3, 0.4) is 0 Å². The summed E-state index contributed by atoms with van der Waals surface area (Å²) in [5.41, 5.74) is 2.68. The Bertz CT molecular complexity index is 1670. The standard InChI is InChI=1S/C27H20N4O4S/c1-17-23(25(32)29-20-10-6-3-7-11-20)24(19-8-4-2-5-9-19)30-26(33)22(36-27(30)28-17)16-18-12-14-21(15-13-18)31(34)35/h2-16,24H,1H3,(H,29,32)/b22-16-. The lowest BCUT2D eigenvalue weighted by molar-refractivity contribution is -0.384. The Balaban J connectivity index is 1.63. The molecule has 0 saturated heterocycles. The highest BCUT2D eigenvalue weighted by atomic mass is 32.1. The van der Waals surface area contributed by atoms with Gasteiger partial charge >= 0.3 is 0 Å². The molecule has 8 nitrogen and oxygen atoms in total. The van der Waals surface area contributed by atoms with E-state index in [4.69, 9.17) is 0 Å². The van der Waals surface area contributed by atoms with Gasteiger partial charge < -0.3 is 5.32 Å². The molecule has 1 aromatic heterocycles. The largest absolute Gasteiger partial charge is 0.322 e. The Hall–Kier alpha value is -4.63. The lowest BCUT2D eigenvalue weighted by Gasteiger charge is -2.25. The summed E-state index contributed by atoms with van der Waals surface area (Å²) < 4.78 is 1.96. The van der Waals surface area contributed by atoms with Gasteiger partial charge in [0.15, 0.2) is 4.80 Å². The topological polar surface area (TPSA) is 107 Å². The summed E-state index contributed by atoms with van der Waals surface area (Å²) in [6, 6.07) is 23.8. The van der Waals surface area contributed by atoms with Crippen molar-refractivity contribution >= 4 is 34.7 Å². The number of allylic oxidation sites excluding steroid dienone is 1. The number of para-hydroxylation sites is 1. The molecule has 0 bridgehead atoms. The third-order valence-corrected chi connectivity index (χ3v) is 6.80. The first-order valence-electron chi connectivity index (χ1n) is 11.1. The molecule has 9 heteroatoms. The summed E-state index contributed by atoms with van der Waals surface area (Å²) >= 11 is 1.22. The molecular formula is C27H20N4O4S. The highest BCUT2D eigenvalue weighted by Gasteiger charge is 2.32. The van der Waals surface area contributed by atoms with E-state index < -0.39 is 11.0 Å². The Morgan fingerprint density at radius 2 is 1.67 bits per heavy atom. The predicted molar refractivity (Wildman–Crippen MR) is 138 cm³/mol. The Morgan fingerprint density at radius 1 is 1.03 bits per heavy atom. The lowest BCUT2D eigenvalue weighted by Crippen LogP contribution is -2.40. The van der Waals surface area contributed by atoms with Gasteiger partial charge in [-0.2, -0.15) is 0 Å². The first kappa shape index (κ1) is 23.1. The molecule has 1 atom stereocenters. The van der Waals surface area contributed by atoms with Gasteiger partial charge in [0, 0.05) is 17.8 Å². The zero-order valence-corrected chi connectivity index (χ0v) is 19.9. The number of benzene rings is 3. The van der Waals surface area contributed by atoms with E-state index >= 15 is 0 Å². The van der Waals surface area contributed by atoms with Crippen molar-refractivity contribution in [3.63, 3.8) is 0 Å². The van der Waals surface area contributed by atoms with Crippen LogP contribution in [0.5, 0.6) is 0 Å². The van der Waals surface area contributed by atoms with Crippen LogP contribution in [0.25, 0.3) is 6.08 Å². The molecule has 36 heavy (non-hydrogen) atoms. The fourth-order valence-electron chi connectivity index (χ4n) is 4.13. The third kappa shape index (κ3) is 4.39. The zero-order valence-electron chi connectivity index (χ0n) is 19.1. The van der Waals surface area contributed by atoms with E-state index in [0.29, 0.717) is 31.9 Å². The SMILES string of the molecule is CC1=C(C(=O)Nc2ccccc2)C(c2ccccc2)n2c(s/c(=C\c3ccc([N+](=O)[O-])cc3)c2=O)=N1. The summed E-state index contributed by atoms with van der Waals surface area (Å²) in [5.74, 6) is -0.332. The number of anilines is 1. The van der Waals surface area contributed by atoms with Crippen LogP contribution in [-0.4, -0.2) is 15.4 Å². The number of nitrogens with zero attached hydrogens (tertiary/aromatic N) is 3. The zero-order chi connectivity index (χ0) is 25.2. The number of nitrogens with one attached hydrogen (secondary N) is 1. The molecule has 1 N–H and O–H groups in total. The monoisotopic (exact) mass is 496 g/mol. The first-order chi connectivity index (χ1) is 17.4. The summed E-state index contributed by atoms with van der Waals surface area (Å²) in [6.45, 7) is 1.77. The molecule has 0 fully saturated rings. The molecule has 1 unspecified atom stereocenters. The van der Waals surface area contributed by atoms with E-state index in [0.717, 1.165) is 5.56 Å². The van der Waals surface area contributed by atoms with Crippen molar-refractivity contribution in [2.45, 2.75) is 13.0 Å². The number of nitro groups is 1. The third-order valence-electron chi connectivity index (χ3n) is 5.81. The molecule has 178 valence electrons. The number of carbonyl (C=O) groups excluding carboxylic acids is 1. The van der Waals surface area contributed by atoms with Crippen LogP contribution in [0.4, 0.5) is 11.4 Å². The summed E-state index contributed by atoms with van der Waals surface area (Å²) in [5, 5.41) is 13.9. The van der Waals surface area contributed by atoms with Gasteiger partial charge in [-0.1, -0.05) is 59.9 Å². The van der Waals surface area contributed by atoms with E-state index in [-0.39, 0.29) is 17.2 Å². The Kier molecular flexibility index (Phi) is 6.14. The van der Waals surface area contributed by atoms with Crippen molar-refractivity contribution in [1.82, 2.24) is 4.57 Å². The van der Waals surface area contributed by atoms with E-state index in [9.17, 15) is 19.7 Å². The second kappa shape index (κ2) is 9.55. The summed E-state index contributed by atoms with van der Waals surface area (Å²) in [4.78, 5) is 42.7. The number of nitro benzene ring substituents is 1. The number of non-ortho nitro benzene ring substituents is 1. The number of aromatic nitrogens is 1. The average Bonchev–Trinajstić information content (AvgIpc) is 3.18. The molecule has 1 aliphatic rings. The molecule has 0 saturated carbocycles. The first-order valence-corrected chi connectivity index (χ1v) is 11.9. The van der Waals surface area contributed by atoms with Crippen LogP contribution >= 0.6 is 11.3 Å². The van der Waals surface area contributed by atoms with Gasteiger partial charge in [0.1, 0.15) is 0 Å². The minimum Gasteiger partial charge on any atom is -0.322 e. The van der Waals surface area contributed by atoms with E-state index in [1.54, 1.807) is 41.8 Å². The van der Waals surface area contributed by atoms with Crippen LogP contribution in [0.15, 0.2) is 106 Å². The van der Waals surface area contributed by atoms with Crippen LogP contribution in [-0.2, 0) is 4.79 Å².